The molecule has 0 atom stereocenters. The molecule has 4 rings (SSSR count). The van der Waals surface area contributed by atoms with E-state index in [1.165, 1.54) is 41.6 Å². The summed E-state index contributed by atoms with van der Waals surface area (Å²) in [4.78, 5) is -0.0992. The molecule has 32 heavy (non-hydrogen) atoms. The highest BCUT2D eigenvalue weighted by molar-refractivity contribution is 7.93. The predicted molar refractivity (Wildman–Crippen MR) is 118 cm³/mol. The second-order valence-electron chi connectivity index (χ2n) is 7.49. The molecule has 0 saturated heterocycles. The van der Waals surface area contributed by atoms with E-state index in [1.807, 2.05) is 0 Å². The molecule has 0 saturated carbocycles. The van der Waals surface area contributed by atoms with E-state index < -0.39 is 31.7 Å². The van der Waals surface area contributed by atoms with E-state index in [0.29, 0.717) is 24.1 Å². The molecule has 1 aliphatic rings. The monoisotopic (exact) mass is 478 g/mol. The number of halogens is 2. The fourth-order valence-corrected chi connectivity index (χ4v) is 6.28. The van der Waals surface area contributed by atoms with Crippen LogP contribution in [0.25, 0.3) is 0 Å². The van der Waals surface area contributed by atoms with Crippen molar-refractivity contribution in [3.05, 3.63) is 83.4 Å². The first-order chi connectivity index (χ1) is 15.1. The maximum Gasteiger partial charge on any atom is 0.264 e. The Bertz CT molecular complexity index is 1390. The van der Waals surface area contributed by atoms with Crippen LogP contribution in [0.3, 0.4) is 0 Å². The topological polar surface area (TPSA) is 83.6 Å². The zero-order valence-electron chi connectivity index (χ0n) is 17.0. The first-order valence-electron chi connectivity index (χ1n) is 9.78. The molecule has 1 N–H and O–H groups in total. The Morgan fingerprint density at radius 3 is 2.25 bits per heavy atom. The van der Waals surface area contributed by atoms with Gasteiger partial charge in [-0.15, -0.1) is 0 Å². The van der Waals surface area contributed by atoms with Crippen molar-refractivity contribution in [3.63, 3.8) is 0 Å². The van der Waals surface area contributed by atoms with E-state index in [4.69, 9.17) is 0 Å². The van der Waals surface area contributed by atoms with Gasteiger partial charge in [0.15, 0.2) is 0 Å². The summed E-state index contributed by atoms with van der Waals surface area (Å²) < 4.78 is 82.0. The Balaban J connectivity index is 1.65. The first-order valence-corrected chi connectivity index (χ1v) is 12.7. The fourth-order valence-electron chi connectivity index (χ4n) is 3.61. The average molecular weight is 479 g/mol. The molecule has 0 fully saturated rings. The number of nitrogens with one attached hydrogen (secondary N) is 1. The van der Waals surface area contributed by atoms with Gasteiger partial charge < -0.3 is 0 Å². The maximum atomic E-state index is 13.5. The van der Waals surface area contributed by atoms with Crippen LogP contribution in [0.15, 0.2) is 70.5 Å². The number of rotatable bonds is 5. The van der Waals surface area contributed by atoms with Gasteiger partial charge in [-0.1, -0.05) is 0 Å². The van der Waals surface area contributed by atoms with Crippen molar-refractivity contribution in [2.75, 3.05) is 15.6 Å². The molecule has 168 valence electrons. The molecule has 1 heterocycles. The third-order valence-corrected chi connectivity index (χ3v) is 8.46. The van der Waals surface area contributed by atoms with Gasteiger partial charge in [0.05, 0.1) is 15.5 Å². The zero-order valence-corrected chi connectivity index (χ0v) is 18.7. The Morgan fingerprint density at radius 1 is 0.875 bits per heavy atom. The standard InChI is InChI=1S/C22H20F2N2O4S2/c1-15-13-20(9-10-21(15)24)31(27,28)25-18-6-11-22-16(14-18)3-2-12-26(22)32(29,30)19-7-4-17(23)5-8-19/h4-11,13-14,25H,2-3,12H2,1H3. The Morgan fingerprint density at radius 2 is 1.56 bits per heavy atom. The number of sulfonamides is 2. The van der Waals surface area contributed by atoms with Gasteiger partial charge in [-0.25, -0.2) is 25.6 Å². The summed E-state index contributed by atoms with van der Waals surface area (Å²) in [5.41, 5.74) is 1.59. The van der Waals surface area contributed by atoms with Crippen molar-refractivity contribution in [1.82, 2.24) is 0 Å². The molecule has 0 amide bonds. The third kappa shape index (κ3) is 4.20. The van der Waals surface area contributed by atoms with Crippen LogP contribution in [0.1, 0.15) is 17.5 Å². The number of nitrogens with zero attached hydrogens (tertiary/aromatic N) is 1. The molecule has 0 aromatic heterocycles. The smallest absolute Gasteiger partial charge is 0.264 e. The number of benzene rings is 3. The third-order valence-electron chi connectivity index (χ3n) is 5.25. The summed E-state index contributed by atoms with van der Waals surface area (Å²) in [6.45, 7) is 1.73. The minimum atomic E-state index is -3.95. The summed E-state index contributed by atoms with van der Waals surface area (Å²) in [5.74, 6) is -1.03. The van der Waals surface area contributed by atoms with E-state index in [2.05, 4.69) is 4.72 Å². The highest BCUT2D eigenvalue weighted by atomic mass is 32.2. The average Bonchev–Trinajstić information content (AvgIpc) is 2.75. The summed E-state index contributed by atoms with van der Waals surface area (Å²) in [6, 6.07) is 12.7. The van der Waals surface area contributed by atoms with Crippen LogP contribution in [0, 0.1) is 18.6 Å². The Kier molecular flexibility index (Phi) is 5.68. The van der Waals surface area contributed by atoms with Gasteiger partial charge >= 0.3 is 0 Å². The number of hydrogen-bond donors (Lipinski definition) is 1. The van der Waals surface area contributed by atoms with Gasteiger partial charge in [0, 0.05) is 12.2 Å². The van der Waals surface area contributed by atoms with E-state index in [-0.39, 0.29) is 27.6 Å². The van der Waals surface area contributed by atoms with Crippen molar-refractivity contribution in [3.8, 4) is 0 Å². The highest BCUT2D eigenvalue weighted by Crippen LogP contribution is 2.34. The van der Waals surface area contributed by atoms with Crippen molar-refractivity contribution in [2.45, 2.75) is 29.6 Å². The molecule has 0 aliphatic carbocycles. The lowest BCUT2D eigenvalue weighted by atomic mass is 10.0. The van der Waals surface area contributed by atoms with Crippen LogP contribution in [-0.4, -0.2) is 23.4 Å². The zero-order chi connectivity index (χ0) is 23.1. The summed E-state index contributed by atoms with van der Waals surface area (Å²) in [5, 5.41) is 0. The van der Waals surface area contributed by atoms with Gasteiger partial charge in [-0.2, -0.15) is 0 Å². The molecule has 0 unspecified atom stereocenters. The van der Waals surface area contributed by atoms with E-state index in [0.717, 1.165) is 18.2 Å². The first kappa shape index (κ1) is 22.2. The van der Waals surface area contributed by atoms with E-state index in [9.17, 15) is 25.6 Å². The lowest BCUT2D eigenvalue weighted by molar-refractivity contribution is 0.585. The lowest BCUT2D eigenvalue weighted by Crippen LogP contribution is -2.35. The second kappa shape index (κ2) is 8.18. The van der Waals surface area contributed by atoms with Crippen LogP contribution in [0.4, 0.5) is 20.2 Å². The molecular formula is C22H20F2N2O4S2. The van der Waals surface area contributed by atoms with Crippen LogP contribution >= 0.6 is 0 Å². The van der Waals surface area contributed by atoms with Crippen molar-refractivity contribution >= 4 is 31.4 Å². The van der Waals surface area contributed by atoms with Gasteiger partial charge in [0.1, 0.15) is 11.6 Å². The molecule has 6 nitrogen and oxygen atoms in total. The van der Waals surface area contributed by atoms with E-state index >= 15 is 0 Å². The molecule has 0 radical (unpaired) electrons. The SMILES string of the molecule is Cc1cc(S(=O)(=O)Nc2ccc3c(c2)CCCN3S(=O)(=O)c2ccc(F)cc2)ccc1F. The van der Waals surface area contributed by atoms with Crippen LogP contribution in [0.2, 0.25) is 0 Å². The molecule has 10 heteroatoms. The second-order valence-corrected chi connectivity index (χ2v) is 11.0. The van der Waals surface area contributed by atoms with Gasteiger partial charge in [-0.05, 0) is 91.6 Å². The largest absolute Gasteiger partial charge is 0.280 e. The molecule has 0 spiro atoms. The van der Waals surface area contributed by atoms with Crippen molar-refractivity contribution in [2.24, 2.45) is 0 Å². The normalized spacial score (nSPS) is 14.2. The van der Waals surface area contributed by atoms with Crippen LogP contribution in [-0.2, 0) is 26.5 Å². The summed E-state index contributed by atoms with van der Waals surface area (Å²) in [7, 11) is -7.85. The molecular weight excluding hydrogens is 458 g/mol. The lowest BCUT2D eigenvalue weighted by Gasteiger charge is -2.31. The quantitative estimate of drug-likeness (QED) is 0.595. The van der Waals surface area contributed by atoms with Crippen molar-refractivity contribution < 1.29 is 25.6 Å². The number of anilines is 2. The molecule has 3 aromatic carbocycles. The molecule has 3 aromatic rings. The molecule has 1 aliphatic heterocycles. The minimum absolute atomic E-state index is 0.0248. The van der Waals surface area contributed by atoms with Gasteiger partial charge in [-0.3, -0.25) is 9.03 Å². The summed E-state index contributed by atoms with van der Waals surface area (Å²) in [6.07, 6.45) is 1.11. The highest BCUT2D eigenvalue weighted by Gasteiger charge is 2.29. The molecule has 0 bridgehead atoms. The number of aryl methyl sites for hydroxylation is 2. The number of hydrogen-bond acceptors (Lipinski definition) is 4. The Hall–Kier alpha value is -2.98. The predicted octanol–water partition coefficient (Wildman–Crippen LogP) is 4.22. The Labute approximate surface area is 185 Å². The minimum Gasteiger partial charge on any atom is -0.280 e. The van der Waals surface area contributed by atoms with Crippen LogP contribution < -0.4 is 9.03 Å². The van der Waals surface area contributed by atoms with Crippen molar-refractivity contribution in [1.29, 1.82) is 0 Å². The summed E-state index contributed by atoms with van der Waals surface area (Å²) >= 11 is 0. The van der Waals surface area contributed by atoms with E-state index in [1.54, 1.807) is 12.1 Å². The maximum absolute atomic E-state index is 13.5. The van der Waals surface area contributed by atoms with Gasteiger partial charge in [0.2, 0.25) is 0 Å². The van der Waals surface area contributed by atoms with Crippen LogP contribution in [0.5, 0.6) is 0 Å². The number of fused-ring (bicyclic) bond motifs is 1. The fraction of sp³-hybridized carbons (Fsp3) is 0.182. The van der Waals surface area contributed by atoms with Gasteiger partial charge in [0.25, 0.3) is 20.0 Å².